The van der Waals surface area contributed by atoms with E-state index >= 15 is 0 Å². The van der Waals surface area contributed by atoms with E-state index in [2.05, 4.69) is 29.4 Å². The highest BCUT2D eigenvalue weighted by molar-refractivity contribution is 7.15. The van der Waals surface area contributed by atoms with Gasteiger partial charge in [0.25, 0.3) is 5.91 Å². The molecule has 1 aromatic heterocycles. The highest BCUT2D eigenvalue weighted by atomic mass is 35.5. The molecule has 0 aliphatic heterocycles. The lowest BCUT2D eigenvalue weighted by Crippen LogP contribution is -2.13. The van der Waals surface area contributed by atoms with Crippen LogP contribution in [0.1, 0.15) is 48.0 Å². The number of rotatable bonds is 5. The van der Waals surface area contributed by atoms with Gasteiger partial charge in [0.1, 0.15) is 5.01 Å². The zero-order valence-electron chi connectivity index (χ0n) is 12.0. The second kappa shape index (κ2) is 7.11. The third-order valence-corrected chi connectivity index (χ3v) is 4.56. The van der Waals surface area contributed by atoms with E-state index < -0.39 is 17.5 Å². The van der Waals surface area contributed by atoms with Crippen LogP contribution in [0, 0.1) is 11.6 Å². The van der Waals surface area contributed by atoms with Gasteiger partial charge in [0.2, 0.25) is 5.13 Å². The maximum Gasteiger partial charge on any atom is 0.259 e. The molecule has 0 unspecified atom stereocenters. The van der Waals surface area contributed by atoms with E-state index in [4.69, 9.17) is 11.6 Å². The van der Waals surface area contributed by atoms with E-state index in [9.17, 15) is 13.6 Å². The summed E-state index contributed by atoms with van der Waals surface area (Å²) < 4.78 is 26.2. The molecule has 0 atom stereocenters. The van der Waals surface area contributed by atoms with E-state index in [-0.39, 0.29) is 16.5 Å². The molecule has 0 aliphatic rings. The van der Waals surface area contributed by atoms with Crippen molar-refractivity contribution in [2.75, 3.05) is 5.32 Å². The van der Waals surface area contributed by atoms with Gasteiger partial charge in [-0.25, -0.2) is 8.78 Å². The maximum absolute atomic E-state index is 13.2. The van der Waals surface area contributed by atoms with Crippen molar-refractivity contribution in [1.82, 2.24) is 10.2 Å². The third kappa shape index (κ3) is 3.59. The number of benzene rings is 1. The Labute approximate surface area is 135 Å². The largest absolute Gasteiger partial charge is 0.296 e. The Kier molecular flexibility index (Phi) is 5.42. The van der Waals surface area contributed by atoms with E-state index in [1.54, 1.807) is 0 Å². The Bertz CT molecular complexity index is 689. The second-order valence-electron chi connectivity index (χ2n) is 4.66. The minimum atomic E-state index is -1.13. The van der Waals surface area contributed by atoms with Crippen LogP contribution in [0.15, 0.2) is 12.1 Å². The number of carbonyl (C=O) groups is 1. The molecular formula is C14H14ClF2N3OS. The zero-order valence-corrected chi connectivity index (χ0v) is 13.6. The van der Waals surface area contributed by atoms with Crippen LogP contribution in [0.5, 0.6) is 0 Å². The molecular weight excluding hydrogens is 332 g/mol. The number of nitrogens with one attached hydrogen (secondary N) is 1. The molecule has 0 aliphatic carbocycles. The lowest BCUT2D eigenvalue weighted by Gasteiger charge is -2.06. The van der Waals surface area contributed by atoms with Crippen molar-refractivity contribution in [2.24, 2.45) is 0 Å². The van der Waals surface area contributed by atoms with Gasteiger partial charge in [0.15, 0.2) is 11.6 Å². The molecule has 4 nitrogen and oxygen atoms in total. The molecule has 0 fully saturated rings. The normalized spacial score (nSPS) is 11.0. The molecule has 8 heteroatoms. The molecule has 1 amide bonds. The van der Waals surface area contributed by atoms with Crippen LogP contribution in [0.2, 0.25) is 5.02 Å². The Morgan fingerprint density at radius 2 is 1.91 bits per heavy atom. The van der Waals surface area contributed by atoms with Gasteiger partial charge in [-0.05, 0) is 25.0 Å². The average molecular weight is 346 g/mol. The predicted octanol–water partition coefficient (Wildman–Crippen LogP) is 4.63. The average Bonchev–Trinajstić information content (AvgIpc) is 2.92. The van der Waals surface area contributed by atoms with Crippen molar-refractivity contribution in [1.29, 1.82) is 0 Å². The Hall–Kier alpha value is -1.60. The number of carbonyl (C=O) groups excluding carboxylic acids is 1. The molecule has 0 saturated heterocycles. The molecule has 22 heavy (non-hydrogen) atoms. The highest BCUT2D eigenvalue weighted by Gasteiger charge is 2.18. The van der Waals surface area contributed by atoms with Crippen molar-refractivity contribution in [3.8, 4) is 0 Å². The molecule has 0 radical (unpaired) electrons. The van der Waals surface area contributed by atoms with E-state index in [0.717, 1.165) is 30.0 Å². The van der Waals surface area contributed by atoms with Gasteiger partial charge in [-0.15, -0.1) is 10.2 Å². The van der Waals surface area contributed by atoms with Crippen molar-refractivity contribution < 1.29 is 13.6 Å². The monoisotopic (exact) mass is 345 g/mol. The number of anilines is 1. The first-order valence-electron chi connectivity index (χ1n) is 6.75. The first kappa shape index (κ1) is 16.8. The van der Waals surface area contributed by atoms with Crippen LogP contribution < -0.4 is 5.32 Å². The number of halogens is 3. The number of hydrogen-bond acceptors (Lipinski definition) is 4. The summed E-state index contributed by atoms with van der Waals surface area (Å²) in [6.45, 7) is 4.10. The maximum atomic E-state index is 13.2. The summed E-state index contributed by atoms with van der Waals surface area (Å²) in [6, 6.07) is 1.53. The van der Waals surface area contributed by atoms with Crippen LogP contribution in [0.4, 0.5) is 13.9 Å². The molecule has 2 rings (SSSR count). The molecule has 2 aromatic rings. The lowest BCUT2D eigenvalue weighted by molar-refractivity contribution is 0.102. The number of aromatic nitrogens is 2. The van der Waals surface area contributed by atoms with Gasteiger partial charge in [-0.1, -0.05) is 36.8 Å². The van der Waals surface area contributed by atoms with Crippen LogP contribution in [-0.2, 0) is 0 Å². The van der Waals surface area contributed by atoms with Gasteiger partial charge >= 0.3 is 0 Å². The van der Waals surface area contributed by atoms with Gasteiger partial charge in [-0.3, -0.25) is 10.1 Å². The molecule has 118 valence electrons. The standard InChI is InChI=1S/C14H14ClF2N3OS/c1-3-7(4-2)13-19-20-14(22-13)18-12(21)8-5-10(16)11(17)6-9(8)15/h5-7H,3-4H2,1-2H3,(H,18,20,21). The smallest absolute Gasteiger partial charge is 0.259 e. The zero-order chi connectivity index (χ0) is 16.3. The Balaban J connectivity index is 2.17. The molecule has 1 N–H and O–H groups in total. The van der Waals surface area contributed by atoms with Gasteiger partial charge in [0, 0.05) is 5.92 Å². The first-order valence-corrected chi connectivity index (χ1v) is 7.95. The van der Waals surface area contributed by atoms with Crippen molar-refractivity contribution >= 4 is 34.0 Å². The van der Waals surface area contributed by atoms with Crippen molar-refractivity contribution in [3.63, 3.8) is 0 Å². The van der Waals surface area contributed by atoms with Crippen LogP contribution in [-0.4, -0.2) is 16.1 Å². The fourth-order valence-corrected chi connectivity index (χ4v) is 3.19. The number of amides is 1. The van der Waals surface area contributed by atoms with E-state index in [1.807, 2.05) is 0 Å². The van der Waals surface area contributed by atoms with Crippen LogP contribution in [0.3, 0.4) is 0 Å². The fourth-order valence-electron chi connectivity index (χ4n) is 1.95. The predicted molar refractivity (Wildman–Crippen MR) is 82.6 cm³/mol. The number of nitrogens with zero attached hydrogens (tertiary/aromatic N) is 2. The highest BCUT2D eigenvalue weighted by Crippen LogP contribution is 2.29. The van der Waals surface area contributed by atoms with Crippen LogP contribution >= 0.6 is 22.9 Å². The minimum Gasteiger partial charge on any atom is -0.296 e. The molecule has 1 aromatic carbocycles. The molecule has 0 bridgehead atoms. The summed E-state index contributed by atoms with van der Waals surface area (Å²) in [5.74, 6) is -2.61. The first-order chi connectivity index (χ1) is 10.5. The minimum absolute atomic E-state index is 0.153. The quantitative estimate of drug-likeness (QED) is 0.804. The summed E-state index contributed by atoms with van der Waals surface area (Å²) >= 11 is 7.02. The second-order valence-corrected chi connectivity index (χ2v) is 6.08. The Morgan fingerprint density at radius 1 is 1.27 bits per heavy atom. The van der Waals surface area contributed by atoms with Crippen molar-refractivity contribution in [3.05, 3.63) is 39.4 Å². The van der Waals surface area contributed by atoms with E-state index in [1.165, 1.54) is 11.3 Å². The summed E-state index contributed by atoms with van der Waals surface area (Å²) in [4.78, 5) is 12.1. The van der Waals surface area contributed by atoms with Gasteiger partial charge in [0.05, 0.1) is 10.6 Å². The fraction of sp³-hybridized carbons (Fsp3) is 0.357. The van der Waals surface area contributed by atoms with Crippen LogP contribution in [0.25, 0.3) is 0 Å². The number of hydrogen-bond donors (Lipinski definition) is 1. The summed E-state index contributed by atoms with van der Waals surface area (Å²) in [5.41, 5.74) is -0.153. The summed E-state index contributed by atoms with van der Waals surface area (Å²) in [5, 5.41) is 11.4. The van der Waals surface area contributed by atoms with Crippen molar-refractivity contribution in [2.45, 2.75) is 32.6 Å². The van der Waals surface area contributed by atoms with Gasteiger partial charge < -0.3 is 0 Å². The topological polar surface area (TPSA) is 54.9 Å². The summed E-state index contributed by atoms with van der Waals surface area (Å²) in [7, 11) is 0. The molecule has 1 heterocycles. The van der Waals surface area contributed by atoms with E-state index in [0.29, 0.717) is 5.13 Å². The van der Waals surface area contributed by atoms with Gasteiger partial charge in [-0.2, -0.15) is 0 Å². The molecule has 0 spiro atoms. The SMILES string of the molecule is CCC(CC)c1nnc(NC(=O)c2cc(F)c(F)cc2Cl)s1. The summed E-state index contributed by atoms with van der Waals surface area (Å²) in [6.07, 6.45) is 1.85. The molecule has 0 saturated carbocycles. The third-order valence-electron chi connectivity index (χ3n) is 3.25. The lowest BCUT2D eigenvalue weighted by atomic mass is 10.1. The Morgan fingerprint density at radius 3 is 2.55 bits per heavy atom.